The summed E-state index contributed by atoms with van der Waals surface area (Å²) >= 11 is 0. The highest BCUT2D eigenvalue weighted by molar-refractivity contribution is 6.24. The van der Waals surface area contributed by atoms with Gasteiger partial charge in [0.05, 0.1) is 16.6 Å². The molecule has 12 aliphatic rings. The molecule has 0 aliphatic heterocycles. The molecular formula is C42H45N3. The molecule has 228 valence electrons. The van der Waals surface area contributed by atoms with Crippen molar-refractivity contribution in [3.8, 4) is 0 Å². The van der Waals surface area contributed by atoms with E-state index in [9.17, 15) is 0 Å². The topological polar surface area (TPSA) is 38.7 Å². The highest BCUT2D eigenvalue weighted by atomic mass is 14.8. The van der Waals surface area contributed by atoms with Crippen LogP contribution < -0.4 is 0 Å². The Morgan fingerprint density at radius 2 is 0.822 bits per heavy atom. The first-order valence-corrected chi connectivity index (χ1v) is 19.3. The predicted octanol–water partition coefficient (Wildman–Crippen LogP) is 10.5. The number of aromatic nitrogens is 3. The van der Waals surface area contributed by atoms with E-state index in [1.165, 1.54) is 135 Å². The van der Waals surface area contributed by atoms with Gasteiger partial charge in [0.2, 0.25) is 0 Å². The highest BCUT2D eigenvalue weighted by Crippen LogP contribution is 2.62. The van der Waals surface area contributed by atoms with Crippen LogP contribution >= 0.6 is 0 Å². The van der Waals surface area contributed by atoms with Crippen LogP contribution in [0, 0.1) is 35.5 Å². The lowest BCUT2D eigenvalue weighted by atomic mass is 9.67. The van der Waals surface area contributed by atoms with Crippen LogP contribution in [0.15, 0.2) is 18.5 Å². The minimum absolute atomic E-state index is 0.666. The number of hydrogen-bond donors (Lipinski definition) is 0. The lowest BCUT2D eigenvalue weighted by Crippen LogP contribution is -2.25. The minimum Gasteiger partial charge on any atom is -0.255 e. The van der Waals surface area contributed by atoms with E-state index in [1.54, 1.807) is 27.8 Å². The summed E-state index contributed by atoms with van der Waals surface area (Å²) in [5.41, 5.74) is 13.6. The van der Waals surface area contributed by atoms with Crippen LogP contribution in [0.1, 0.15) is 165 Å². The number of fused-ring (bicyclic) bond motifs is 6. The number of benzene rings is 1. The summed E-state index contributed by atoms with van der Waals surface area (Å²) in [6.07, 6.45) is 26.0. The zero-order chi connectivity index (χ0) is 28.7. The number of nitrogens with zero attached hydrogens (tertiary/aromatic N) is 3. The van der Waals surface area contributed by atoms with E-state index in [0.29, 0.717) is 35.5 Å². The second-order valence-electron chi connectivity index (χ2n) is 18.5. The van der Waals surface area contributed by atoms with Gasteiger partial charge in [-0.25, -0.2) is 0 Å². The monoisotopic (exact) mass is 591 g/mol. The third-order valence-corrected chi connectivity index (χ3v) is 16.0. The average Bonchev–Trinajstić information content (AvgIpc) is 3.41. The molecule has 45 heavy (non-hydrogen) atoms. The smallest absolute Gasteiger partial charge is 0.0824 e. The number of pyridine rings is 3. The Morgan fingerprint density at radius 1 is 0.400 bits per heavy atom. The van der Waals surface area contributed by atoms with Gasteiger partial charge in [0.1, 0.15) is 0 Å². The molecule has 0 amide bonds. The molecule has 0 saturated heterocycles. The first kappa shape index (κ1) is 24.6. The van der Waals surface area contributed by atoms with Gasteiger partial charge in [-0.2, -0.15) is 0 Å². The zero-order valence-electron chi connectivity index (χ0n) is 26.6. The summed E-state index contributed by atoms with van der Waals surface area (Å²) in [5.74, 6) is 9.69. The summed E-state index contributed by atoms with van der Waals surface area (Å²) < 4.78 is 0. The Hall–Kier alpha value is -2.55. The van der Waals surface area contributed by atoms with E-state index in [0.717, 1.165) is 35.5 Å². The number of rotatable bonds is 0. The molecule has 6 saturated carbocycles. The van der Waals surface area contributed by atoms with Crippen LogP contribution in [0.5, 0.6) is 0 Å². The quantitative estimate of drug-likeness (QED) is 0.191. The second-order valence-corrected chi connectivity index (χ2v) is 18.5. The second kappa shape index (κ2) is 8.29. The fourth-order valence-electron chi connectivity index (χ4n) is 15.1. The molecular weight excluding hydrogens is 546 g/mol. The van der Waals surface area contributed by atoms with Crippen molar-refractivity contribution in [2.45, 2.75) is 132 Å². The molecule has 1 aromatic carbocycles. The molecule has 6 unspecified atom stereocenters. The lowest BCUT2D eigenvalue weighted by Gasteiger charge is -2.38. The lowest BCUT2D eigenvalue weighted by molar-refractivity contribution is 0.165. The molecule has 12 aliphatic carbocycles. The molecule has 0 spiro atoms. The van der Waals surface area contributed by atoms with Gasteiger partial charge in [0.25, 0.3) is 0 Å². The van der Waals surface area contributed by atoms with Gasteiger partial charge in [-0.05, 0) is 195 Å². The fourth-order valence-corrected chi connectivity index (χ4v) is 15.1. The summed E-state index contributed by atoms with van der Waals surface area (Å²) in [5, 5.41) is 4.36. The van der Waals surface area contributed by atoms with E-state index in [2.05, 4.69) is 18.5 Å². The third kappa shape index (κ3) is 3.13. The van der Waals surface area contributed by atoms with Gasteiger partial charge in [-0.3, -0.25) is 15.0 Å². The van der Waals surface area contributed by atoms with Crippen LogP contribution in [0.2, 0.25) is 0 Å². The maximum atomic E-state index is 5.97. The average molecular weight is 592 g/mol. The molecule has 3 heteroatoms. The highest BCUT2D eigenvalue weighted by Gasteiger charge is 2.47. The van der Waals surface area contributed by atoms with Crippen LogP contribution in [0.3, 0.4) is 0 Å². The SMILES string of the molecule is c1nc2c3cc4c(nc3c3c5c(cnc3c2c2c1C1CC3CC(C1)CC2C3)C1CC2CC(C1)CC5C2)C1CC2CC(CC4C2)C1. The zero-order valence-corrected chi connectivity index (χ0v) is 26.6. The molecule has 16 rings (SSSR count). The van der Waals surface area contributed by atoms with Crippen molar-refractivity contribution in [2.75, 3.05) is 0 Å². The summed E-state index contributed by atoms with van der Waals surface area (Å²) in [6, 6.07) is 2.70. The summed E-state index contributed by atoms with van der Waals surface area (Å²) in [4.78, 5) is 17.1. The Balaban J connectivity index is 1.19. The van der Waals surface area contributed by atoms with E-state index < -0.39 is 0 Å². The van der Waals surface area contributed by atoms with Crippen LogP contribution in [0.25, 0.3) is 32.7 Å². The van der Waals surface area contributed by atoms with Gasteiger partial charge in [0, 0.05) is 40.2 Å². The largest absolute Gasteiger partial charge is 0.255 e. The van der Waals surface area contributed by atoms with E-state index in [-0.39, 0.29) is 0 Å². The fraction of sp³-hybridized carbons (Fsp3) is 0.643. The van der Waals surface area contributed by atoms with Gasteiger partial charge in [-0.15, -0.1) is 0 Å². The third-order valence-electron chi connectivity index (χ3n) is 16.0. The Kier molecular flexibility index (Phi) is 4.53. The Morgan fingerprint density at radius 3 is 1.36 bits per heavy atom. The molecule has 3 aromatic heterocycles. The van der Waals surface area contributed by atoms with Crippen molar-refractivity contribution in [2.24, 2.45) is 35.5 Å². The normalized spacial score (nSPS) is 42.7. The van der Waals surface area contributed by atoms with Gasteiger partial charge in [-0.1, -0.05) is 0 Å². The molecule has 0 N–H and O–H groups in total. The van der Waals surface area contributed by atoms with Gasteiger partial charge >= 0.3 is 0 Å². The van der Waals surface area contributed by atoms with Gasteiger partial charge < -0.3 is 0 Å². The number of hydrogen-bond acceptors (Lipinski definition) is 3. The molecule has 6 atom stereocenters. The molecule has 6 fully saturated rings. The van der Waals surface area contributed by atoms with Crippen molar-refractivity contribution < 1.29 is 0 Å². The van der Waals surface area contributed by atoms with Crippen LogP contribution in [-0.4, -0.2) is 15.0 Å². The molecule has 12 bridgehead atoms. The summed E-state index contributed by atoms with van der Waals surface area (Å²) in [6.45, 7) is 0. The van der Waals surface area contributed by atoms with Crippen LogP contribution in [0.4, 0.5) is 0 Å². The van der Waals surface area contributed by atoms with Crippen molar-refractivity contribution in [3.05, 3.63) is 52.0 Å². The van der Waals surface area contributed by atoms with Crippen molar-refractivity contribution in [3.63, 3.8) is 0 Å². The molecule has 0 radical (unpaired) electrons. The van der Waals surface area contributed by atoms with Crippen molar-refractivity contribution in [1.29, 1.82) is 0 Å². The maximum Gasteiger partial charge on any atom is 0.0824 e. The Bertz CT molecular complexity index is 1960. The minimum atomic E-state index is 0.666. The maximum absolute atomic E-state index is 5.97. The first-order chi connectivity index (χ1) is 22.2. The predicted molar refractivity (Wildman–Crippen MR) is 179 cm³/mol. The van der Waals surface area contributed by atoms with E-state index in [4.69, 9.17) is 15.0 Å². The Labute approximate surface area is 266 Å². The molecule has 3 heterocycles. The summed E-state index contributed by atoms with van der Waals surface area (Å²) in [7, 11) is 0. The standard InChI is InChI=1S/C42H45N3/c1-19-6-26-7-20(1)11-28(10-19)35-33(26)17-43-40-32-16-31-25-4-23-3-24(5-25)15-30(14-23)39(31)45-41(32)38-36-29-12-21-2-22(13-29)9-27(8-21)34(36)18-44-42(38)37(35)40/h16-30H,1-15H2. The van der Waals surface area contributed by atoms with Crippen molar-refractivity contribution >= 4 is 32.7 Å². The first-order valence-electron chi connectivity index (χ1n) is 19.3. The van der Waals surface area contributed by atoms with E-state index >= 15 is 0 Å². The van der Waals surface area contributed by atoms with E-state index in [1.807, 2.05) is 0 Å². The molecule has 4 aromatic rings. The van der Waals surface area contributed by atoms with Gasteiger partial charge in [0.15, 0.2) is 0 Å². The van der Waals surface area contributed by atoms with Crippen molar-refractivity contribution in [1.82, 2.24) is 15.0 Å². The van der Waals surface area contributed by atoms with Crippen LogP contribution in [-0.2, 0) is 0 Å². The molecule has 3 nitrogen and oxygen atoms in total.